The van der Waals surface area contributed by atoms with Gasteiger partial charge in [0.2, 0.25) is 0 Å². The van der Waals surface area contributed by atoms with Crippen LogP contribution in [0.2, 0.25) is 0 Å². The fourth-order valence-electron chi connectivity index (χ4n) is 3.81. The molecule has 32 heavy (non-hydrogen) atoms. The second kappa shape index (κ2) is 9.96. The number of hydrogen-bond donors (Lipinski definition) is 1. The average Bonchev–Trinajstić information content (AvgIpc) is 2.98. The lowest BCUT2D eigenvalue weighted by atomic mass is 9.95. The van der Waals surface area contributed by atoms with Crippen LogP contribution in [0.1, 0.15) is 37.4 Å². The van der Waals surface area contributed by atoms with Crippen LogP contribution in [0.15, 0.2) is 54.1 Å². The van der Waals surface area contributed by atoms with Crippen molar-refractivity contribution in [3.8, 4) is 5.75 Å². The lowest BCUT2D eigenvalue weighted by Crippen LogP contribution is -2.32. The first-order chi connectivity index (χ1) is 15.2. The number of carbonyl (C=O) groups excluding carboxylic acids is 2. The molecule has 1 aliphatic heterocycles. The normalized spacial score (nSPS) is 18.1. The molecule has 6 nitrogen and oxygen atoms in total. The predicted octanol–water partition coefficient (Wildman–Crippen LogP) is 3.99. The summed E-state index contributed by atoms with van der Waals surface area (Å²) in [6.07, 6.45) is 0.592. The van der Waals surface area contributed by atoms with Gasteiger partial charge in [0.25, 0.3) is 11.7 Å². The van der Waals surface area contributed by atoms with Crippen LogP contribution < -0.4 is 4.74 Å². The summed E-state index contributed by atoms with van der Waals surface area (Å²) in [7, 11) is 3.82. The summed E-state index contributed by atoms with van der Waals surface area (Å²) in [6.45, 7) is 4.77. The number of carbonyl (C=O) groups is 2. The molecule has 1 saturated heterocycles. The highest BCUT2D eigenvalue weighted by atomic mass is 19.1. The summed E-state index contributed by atoms with van der Waals surface area (Å²) in [4.78, 5) is 29.2. The Bertz CT molecular complexity index is 1010. The van der Waals surface area contributed by atoms with E-state index in [0.29, 0.717) is 24.3 Å². The summed E-state index contributed by atoms with van der Waals surface area (Å²) < 4.78 is 20.4. The number of ketones is 1. The maximum Gasteiger partial charge on any atom is 0.295 e. The minimum atomic E-state index is -0.995. The van der Waals surface area contributed by atoms with E-state index in [1.807, 2.05) is 32.8 Å². The standard InChI is InChI=1S/C25H29FN2O4/c1-16(2)32-18-12-10-17(11-13-18)23(29)21-22(19-8-5-6-9-20(19)26)28(25(31)24(21)30)15-7-14-27(3)4/h5-6,8-13,16,22,29H,7,14-15H2,1-4H3/b23-21+. The van der Waals surface area contributed by atoms with E-state index in [2.05, 4.69) is 0 Å². The van der Waals surface area contributed by atoms with E-state index in [9.17, 15) is 19.1 Å². The molecule has 1 atom stereocenters. The Labute approximate surface area is 187 Å². The lowest BCUT2D eigenvalue weighted by Gasteiger charge is -2.26. The number of ether oxygens (including phenoxy) is 1. The third kappa shape index (κ3) is 4.99. The van der Waals surface area contributed by atoms with Gasteiger partial charge in [-0.15, -0.1) is 0 Å². The minimum Gasteiger partial charge on any atom is -0.507 e. The number of likely N-dealkylation sites (tertiary alicyclic amines) is 1. The van der Waals surface area contributed by atoms with Crippen molar-refractivity contribution >= 4 is 17.4 Å². The average molecular weight is 441 g/mol. The molecule has 0 radical (unpaired) electrons. The van der Waals surface area contributed by atoms with E-state index in [1.54, 1.807) is 36.4 Å². The Balaban J connectivity index is 2.05. The van der Waals surface area contributed by atoms with Crippen molar-refractivity contribution < 1.29 is 23.8 Å². The zero-order valence-electron chi connectivity index (χ0n) is 18.8. The smallest absolute Gasteiger partial charge is 0.295 e. The number of aliphatic hydroxyl groups excluding tert-OH is 1. The summed E-state index contributed by atoms with van der Waals surface area (Å²) in [6, 6.07) is 11.6. The molecule has 7 heteroatoms. The summed E-state index contributed by atoms with van der Waals surface area (Å²) in [5.74, 6) is -1.81. The minimum absolute atomic E-state index is 0.0111. The molecule has 170 valence electrons. The van der Waals surface area contributed by atoms with Gasteiger partial charge in [-0.05, 0) is 71.2 Å². The van der Waals surface area contributed by atoms with Gasteiger partial charge in [-0.2, -0.15) is 0 Å². The predicted molar refractivity (Wildman–Crippen MR) is 121 cm³/mol. The van der Waals surface area contributed by atoms with Crippen molar-refractivity contribution in [3.63, 3.8) is 0 Å². The van der Waals surface area contributed by atoms with Gasteiger partial charge in [-0.1, -0.05) is 18.2 Å². The van der Waals surface area contributed by atoms with Crippen molar-refractivity contribution in [2.75, 3.05) is 27.2 Å². The molecule has 1 heterocycles. The fourth-order valence-corrected chi connectivity index (χ4v) is 3.81. The number of hydrogen-bond acceptors (Lipinski definition) is 5. The topological polar surface area (TPSA) is 70.1 Å². The van der Waals surface area contributed by atoms with E-state index in [0.717, 1.165) is 0 Å². The summed E-state index contributed by atoms with van der Waals surface area (Å²) >= 11 is 0. The highest BCUT2D eigenvalue weighted by molar-refractivity contribution is 6.46. The first-order valence-electron chi connectivity index (χ1n) is 10.7. The Morgan fingerprint density at radius 2 is 1.78 bits per heavy atom. The van der Waals surface area contributed by atoms with Crippen LogP contribution in [0.25, 0.3) is 5.76 Å². The molecule has 0 aromatic heterocycles. The van der Waals surface area contributed by atoms with Gasteiger partial charge >= 0.3 is 0 Å². The number of amides is 1. The Hall–Kier alpha value is -3.19. The number of aliphatic hydroxyl groups is 1. The Kier molecular flexibility index (Phi) is 7.30. The summed E-state index contributed by atoms with van der Waals surface area (Å²) in [5.41, 5.74) is 0.425. The molecule has 1 N–H and O–H groups in total. The molecule has 2 aromatic carbocycles. The van der Waals surface area contributed by atoms with Crippen molar-refractivity contribution in [1.29, 1.82) is 0 Å². The van der Waals surface area contributed by atoms with Crippen LogP contribution in [0, 0.1) is 5.82 Å². The van der Waals surface area contributed by atoms with E-state index in [4.69, 9.17) is 4.74 Å². The quantitative estimate of drug-likeness (QED) is 0.382. The summed E-state index contributed by atoms with van der Waals surface area (Å²) in [5, 5.41) is 11.0. The van der Waals surface area contributed by atoms with Crippen LogP contribution in [-0.4, -0.2) is 59.9 Å². The monoisotopic (exact) mass is 440 g/mol. The zero-order valence-corrected chi connectivity index (χ0v) is 18.8. The lowest BCUT2D eigenvalue weighted by molar-refractivity contribution is -0.140. The molecule has 0 spiro atoms. The molecular formula is C25H29FN2O4. The fraction of sp³-hybridized carbons (Fsp3) is 0.360. The van der Waals surface area contributed by atoms with Gasteiger partial charge in [0.05, 0.1) is 17.7 Å². The number of halogens is 1. The molecule has 1 aliphatic rings. The van der Waals surface area contributed by atoms with E-state index in [-0.39, 0.29) is 29.5 Å². The van der Waals surface area contributed by atoms with Gasteiger partial charge in [-0.25, -0.2) is 4.39 Å². The maximum absolute atomic E-state index is 14.8. The third-order valence-electron chi connectivity index (χ3n) is 5.24. The molecule has 1 unspecified atom stereocenters. The van der Waals surface area contributed by atoms with Crippen LogP contribution in [-0.2, 0) is 9.59 Å². The molecule has 1 amide bonds. The van der Waals surface area contributed by atoms with Crippen molar-refractivity contribution in [2.24, 2.45) is 0 Å². The van der Waals surface area contributed by atoms with Crippen LogP contribution >= 0.6 is 0 Å². The number of benzene rings is 2. The number of Topliss-reactive ketones (excluding diaryl/α,β-unsaturated/α-hetero) is 1. The highest BCUT2D eigenvalue weighted by Gasteiger charge is 2.46. The van der Waals surface area contributed by atoms with Gasteiger partial charge in [0.1, 0.15) is 17.3 Å². The molecule has 2 aromatic rings. The number of nitrogens with zero attached hydrogens (tertiary/aromatic N) is 2. The van der Waals surface area contributed by atoms with Gasteiger partial charge in [0.15, 0.2) is 0 Å². The number of rotatable bonds is 8. The van der Waals surface area contributed by atoms with E-state index >= 15 is 0 Å². The highest BCUT2D eigenvalue weighted by Crippen LogP contribution is 2.40. The van der Waals surface area contributed by atoms with Crippen LogP contribution in [0.5, 0.6) is 5.75 Å². The van der Waals surface area contributed by atoms with Gasteiger partial charge < -0.3 is 19.6 Å². The van der Waals surface area contributed by atoms with Crippen molar-refractivity contribution in [2.45, 2.75) is 32.4 Å². The molecular weight excluding hydrogens is 411 g/mol. The van der Waals surface area contributed by atoms with Crippen molar-refractivity contribution in [1.82, 2.24) is 9.80 Å². The van der Waals surface area contributed by atoms with Gasteiger partial charge in [0, 0.05) is 17.7 Å². The first kappa shape index (κ1) is 23.5. The van der Waals surface area contributed by atoms with Crippen LogP contribution in [0.3, 0.4) is 0 Å². The second-order valence-electron chi connectivity index (χ2n) is 8.36. The first-order valence-corrected chi connectivity index (χ1v) is 10.7. The Morgan fingerprint density at radius 3 is 2.38 bits per heavy atom. The second-order valence-corrected chi connectivity index (χ2v) is 8.36. The van der Waals surface area contributed by atoms with Crippen molar-refractivity contribution in [3.05, 3.63) is 71.0 Å². The van der Waals surface area contributed by atoms with Gasteiger partial charge in [-0.3, -0.25) is 9.59 Å². The largest absolute Gasteiger partial charge is 0.507 e. The van der Waals surface area contributed by atoms with E-state index < -0.39 is 23.5 Å². The maximum atomic E-state index is 14.8. The molecule has 0 bridgehead atoms. The molecule has 0 aliphatic carbocycles. The molecule has 3 rings (SSSR count). The van der Waals surface area contributed by atoms with Crippen LogP contribution in [0.4, 0.5) is 4.39 Å². The molecule has 0 saturated carbocycles. The zero-order chi connectivity index (χ0) is 23.4. The molecule has 1 fully saturated rings. The SMILES string of the molecule is CC(C)Oc1ccc(/C(O)=C2\C(=O)C(=O)N(CCCN(C)C)C2c2ccccc2F)cc1. The third-order valence-corrected chi connectivity index (χ3v) is 5.24. The Morgan fingerprint density at radius 1 is 1.12 bits per heavy atom. The van der Waals surface area contributed by atoms with E-state index in [1.165, 1.54) is 17.0 Å².